The van der Waals surface area contributed by atoms with Crippen LogP contribution in [-0.2, 0) is 13.6 Å². The van der Waals surface area contributed by atoms with E-state index in [2.05, 4.69) is 0 Å². The Morgan fingerprint density at radius 3 is 2.38 bits per heavy atom. The van der Waals surface area contributed by atoms with Gasteiger partial charge in [-0.25, -0.2) is 4.79 Å². The van der Waals surface area contributed by atoms with E-state index in [4.69, 9.17) is 0 Å². The summed E-state index contributed by atoms with van der Waals surface area (Å²) >= 11 is 0. The molecular formula is C11H16N2O3. The van der Waals surface area contributed by atoms with Gasteiger partial charge < -0.3 is 0 Å². The average Bonchev–Trinajstić information content (AvgIpc) is 2.18. The summed E-state index contributed by atoms with van der Waals surface area (Å²) < 4.78 is 2.38. The molecule has 0 bridgehead atoms. The fourth-order valence-corrected chi connectivity index (χ4v) is 1.49. The second kappa shape index (κ2) is 4.47. The van der Waals surface area contributed by atoms with Gasteiger partial charge in [-0.15, -0.1) is 0 Å². The molecule has 1 heterocycles. The Kier molecular flexibility index (Phi) is 3.47. The normalized spacial score (nSPS) is 10.8. The van der Waals surface area contributed by atoms with Crippen LogP contribution in [0.3, 0.4) is 0 Å². The first-order valence-corrected chi connectivity index (χ1v) is 5.16. The molecule has 0 fully saturated rings. The monoisotopic (exact) mass is 224 g/mol. The largest absolute Gasteiger partial charge is 0.330 e. The number of hydrogen-bond acceptors (Lipinski definition) is 3. The third kappa shape index (κ3) is 2.29. The summed E-state index contributed by atoms with van der Waals surface area (Å²) in [6.45, 7) is 5.74. The first-order valence-electron chi connectivity index (χ1n) is 5.16. The Hall–Kier alpha value is -1.65. The van der Waals surface area contributed by atoms with Gasteiger partial charge in [0.1, 0.15) is 0 Å². The van der Waals surface area contributed by atoms with Crippen molar-refractivity contribution < 1.29 is 4.79 Å². The molecule has 1 rings (SSSR count). The number of rotatable bonds is 3. The molecule has 16 heavy (non-hydrogen) atoms. The van der Waals surface area contributed by atoms with E-state index in [1.807, 2.05) is 13.8 Å². The first-order chi connectivity index (χ1) is 7.34. The number of ketones is 1. The zero-order chi connectivity index (χ0) is 12.5. The van der Waals surface area contributed by atoms with E-state index in [0.29, 0.717) is 6.54 Å². The van der Waals surface area contributed by atoms with Crippen LogP contribution in [0.25, 0.3) is 0 Å². The zero-order valence-electron chi connectivity index (χ0n) is 9.98. The van der Waals surface area contributed by atoms with Crippen LogP contribution in [0.2, 0.25) is 0 Å². The summed E-state index contributed by atoms with van der Waals surface area (Å²) in [5.41, 5.74) is -0.857. The molecule has 0 amide bonds. The van der Waals surface area contributed by atoms with Gasteiger partial charge in [0.25, 0.3) is 5.56 Å². The highest BCUT2D eigenvalue weighted by Gasteiger charge is 2.12. The van der Waals surface area contributed by atoms with Crippen LogP contribution in [-0.4, -0.2) is 14.9 Å². The van der Waals surface area contributed by atoms with Crippen LogP contribution in [0.4, 0.5) is 0 Å². The van der Waals surface area contributed by atoms with Crippen molar-refractivity contribution in [2.24, 2.45) is 13.0 Å². The van der Waals surface area contributed by atoms with E-state index in [1.165, 1.54) is 24.7 Å². The van der Waals surface area contributed by atoms with E-state index < -0.39 is 5.56 Å². The van der Waals surface area contributed by atoms with Crippen molar-refractivity contribution in [2.75, 3.05) is 0 Å². The minimum atomic E-state index is -0.530. The summed E-state index contributed by atoms with van der Waals surface area (Å²) in [7, 11) is 1.38. The summed E-state index contributed by atoms with van der Waals surface area (Å²) in [4.78, 5) is 34.6. The molecule has 88 valence electrons. The number of nitrogens with zero attached hydrogens (tertiary/aromatic N) is 2. The highest BCUT2D eigenvalue weighted by molar-refractivity contribution is 5.93. The third-order valence-electron chi connectivity index (χ3n) is 2.29. The van der Waals surface area contributed by atoms with Gasteiger partial charge in [0.15, 0.2) is 5.78 Å². The minimum absolute atomic E-state index is 0.0581. The molecule has 0 aliphatic rings. The van der Waals surface area contributed by atoms with Gasteiger partial charge in [-0.2, -0.15) is 0 Å². The van der Waals surface area contributed by atoms with E-state index in [0.717, 1.165) is 4.57 Å². The van der Waals surface area contributed by atoms with Gasteiger partial charge in [-0.05, 0) is 12.8 Å². The molecule has 0 spiro atoms. The van der Waals surface area contributed by atoms with Crippen molar-refractivity contribution >= 4 is 5.78 Å². The van der Waals surface area contributed by atoms with Crippen LogP contribution >= 0.6 is 0 Å². The fraction of sp³-hybridized carbons (Fsp3) is 0.545. The second-order valence-electron chi connectivity index (χ2n) is 4.29. The molecule has 0 atom stereocenters. The molecule has 1 aromatic rings. The molecule has 0 aliphatic heterocycles. The average molecular weight is 224 g/mol. The summed E-state index contributed by atoms with van der Waals surface area (Å²) in [5, 5.41) is 0. The lowest BCUT2D eigenvalue weighted by Crippen LogP contribution is -2.40. The highest BCUT2D eigenvalue weighted by Crippen LogP contribution is 1.97. The van der Waals surface area contributed by atoms with Gasteiger partial charge in [0, 0.05) is 19.8 Å². The molecule has 1 aromatic heterocycles. The van der Waals surface area contributed by atoms with Crippen molar-refractivity contribution in [2.45, 2.75) is 27.3 Å². The SMILES string of the molecule is CC(=O)c1cn(CC(C)C)c(=O)n(C)c1=O. The lowest BCUT2D eigenvalue weighted by molar-refractivity contribution is 0.101. The molecule has 5 nitrogen and oxygen atoms in total. The first kappa shape index (κ1) is 12.4. The second-order valence-corrected chi connectivity index (χ2v) is 4.29. The van der Waals surface area contributed by atoms with Crippen LogP contribution in [0.15, 0.2) is 15.8 Å². The van der Waals surface area contributed by atoms with E-state index >= 15 is 0 Å². The Morgan fingerprint density at radius 2 is 1.94 bits per heavy atom. The lowest BCUT2D eigenvalue weighted by atomic mass is 10.2. The van der Waals surface area contributed by atoms with E-state index in [-0.39, 0.29) is 23.0 Å². The van der Waals surface area contributed by atoms with Crippen molar-refractivity contribution in [1.29, 1.82) is 0 Å². The van der Waals surface area contributed by atoms with Gasteiger partial charge in [0.2, 0.25) is 0 Å². The summed E-state index contributed by atoms with van der Waals surface area (Å²) in [6, 6.07) is 0. The number of Topliss-reactive ketones (excluding diaryl/α,β-unsaturated/α-hetero) is 1. The Morgan fingerprint density at radius 1 is 1.38 bits per heavy atom. The molecule has 0 N–H and O–H groups in total. The number of aromatic nitrogens is 2. The Balaban J connectivity index is 3.48. The minimum Gasteiger partial charge on any atom is -0.299 e. The van der Waals surface area contributed by atoms with E-state index in [9.17, 15) is 14.4 Å². The smallest absolute Gasteiger partial charge is 0.299 e. The van der Waals surface area contributed by atoms with Gasteiger partial charge in [-0.1, -0.05) is 13.8 Å². The predicted molar refractivity (Wildman–Crippen MR) is 60.8 cm³/mol. The third-order valence-corrected chi connectivity index (χ3v) is 2.29. The lowest BCUT2D eigenvalue weighted by Gasteiger charge is -2.11. The van der Waals surface area contributed by atoms with Crippen molar-refractivity contribution in [3.05, 3.63) is 32.6 Å². The topological polar surface area (TPSA) is 61.1 Å². The number of carbonyl (C=O) groups excluding carboxylic acids is 1. The summed E-state index contributed by atoms with van der Waals surface area (Å²) in [6.07, 6.45) is 1.35. The van der Waals surface area contributed by atoms with Gasteiger partial charge in [-0.3, -0.25) is 18.7 Å². The van der Waals surface area contributed by atoms with Crippen molar-refractivity contribution in [1.82, 2.24) is 9.13 Å². The van der Waals surface area contributed by atoms with Crippen LogP contribution in [0.1, 0.15) is 31.1 Å². The number of hydrogen-bond donors (Lipinski definition) is 0. The maximum Gasteiger partial charge on any atom is 0.330 e. The maximum atomic E-state index is 11.7. The van der Waals surface area contributed by atoms with Gasteiger partial charge in [0.05, 0.1) is 5.56 Å². The Labute approximate surface area is 93.3 Å². The van der Waals surface area contributed by atoms with E-state index in [1.54, 1.807) is 0 Å². The standard InChI is InChI=1S/C11H16N2O3/c1-7(2)5-13-6-9(8(3)14)10(15)12(4)11(13)16/h6-7H,5H2,1-4H3. The molecule has 0 saturated heterocycles. The molecule has 0 aromatic carbocycles. The predicted octanol–water partition coefficient (Wildman–Crippen LogP) is 0.406. The number of carbonyl (C=O) groups is 1. The summed E-state index contributed by atoms with van der Waals surface area (Å²) in [5.74, 6) is -0.0480. The Bertz CT molecular complexity index is 523. The fourth-order valence-electron chi connectivity index (χ4n) is 1.49. The van der Waals surface area contributed by atoms with Crippen molar-refractivity contribution in [3.63, 3.8) is 0 Å². The highest BCUT2D eigenvalue weighted by atomic mass is 16.2. The van der Waals surface area contributed by atoms with Crippen LogP contribution in [0, 0.1) is 5.92 Å². The van der Waals surface area contributed by atoms with Crippen LogP contribution < -0.4 is 11.2 Å². The molecule has 0 radical (unpaired) electrons. The molecular weight excluding hydrogens is 208 g/mol. The van der Waals surface area contributed by atoms with Gasteiger partial charge >= 0.3 is 5.69 Å². The molecule has 5 heteroatoms. The van der Waals surface area contributed by atoms with Crippen molar-refractivity contribution in [3.8, 4) is 0 Å². The quantitative estimate of drug-likeness (QED) is 0.698. The maximum absolute atomic E-state index is 11.7. The molecule has 0 unspecified atom stereocenters. The molecule has 0 aliphatic carbocycles. The molecule has 0 saturated carbocycles. The van der Waals surface area contributed by atoms with Crippen LogP contribution in [0.5, 0.6) is 0 Å². The zero-order valence-corrected chi connectivity index (χ0v) is 9.98.